The molecule has 1 unspecified atom stereocenters. The van der Waals surface area contributed by atoms with Gasteiger partial charge in [0.25, 0.3) is 0 Å². The molecule has 0 aliphatic rings. The summed E-state index contributed by atoms with van der Waals surface area (Å²) in [5, 5.41) is 0. The fraction of sp³-hybridized carbons (Fsp3) is 0.839. The van der Waals surface area contributed by atoms with Crippen LogP contribution < -0.4 is 0 Å². The van der Waals surface area contributed by atoms with Crippen LogP contribution in [0.3, 0.4) is 0 Å². The van der Waals surface area contributed by atoms with E-state index in [0.717, 1.165) is 83.5 Å². The van der Waals surface area contributed by atoms with Crippen LogP contribution in [0.1, 0.15) is 284 Å². The molecule has 0 aromatic heterocycles. The molecule has 362 valence electrons. The molecule has 0 aliphatic carbocycles. The van der Waals surface area contributed by atoms with E-state index in [-0.39, 0.29) is 31.1 Å². The number of carbonyl (C=O) groups is 3. The van der Waals surface area contributed by atoms with Gasteiger partial charge in [0.1, 0.15) is 13.2 Å². The molecule has 0 spiro atoms. The van der Waals surface area contributed by atoms with Crippen molar-refractivity contribution in [1.29, 1.82) is 0 Å². The van der Waals surface area contributed by atoms with Gasteiger partial charge >= 0.3 is 17.9 Å². The lowest BCUT2D eigenvalue weighted by molar-refractivity contribution is -0.167. The monoisotopic (exact) mass is 871 g/mol. The molecule has 0 saturated carbocycles. The van der Waals surface area contributed by atoms with Crippen molar-refractivity contribution in [3.8, 4) is 0 Å². The zero-order chi connectivity index (χ0) is 45.1. The molecule has 0 aromatic rings. The summed E-state index contributed by atoms with van der Waals surface area (Å²) in [6, 6.07) is 0. The minimum absolute atomic E-state index is 0.0856. The maximum Gasteiger partial charge on any atom is 0.306 e. The predicted molar refractivity (Wildman–Crippen MR) is 266 cm³/mol. The third kappa shape index (κ3) is 48.7. The Morgan fingerprint density at radius 3 is 0.919 bits per heavy atom. The number of carbonyl (C=O) groups excluding carboxylic acids is 3. The number of unbranched alkanes of at least 4 members (excludes halogenated alkanes) is 33. The molecule has 6 nitrogen and oxygen atoms in total. The minimum Gasteiger partial charge on any atom is -0.462 e. The highest BCUT2D eigenvalue weighted by Gasteiger charge is 2.19. The summed E-state index contributed by atoms with van der Waals surface area (Å²) in [4.78, 5) is 38.0. The van der Waals surface area contributed by atoms with Gasteiger partial charge in [-0.1, -0.05) is 231 Å². The van der Waals surface area contributed by atoms with Crippen molar-refractivity contribution in [2.45, 2.75) is 290 Å². The van der Waals surface area contributed by atoms with E-state index in [2.05, 4.69) is 57.2 Å². The second-order valence-electron chi connectivity index (χ2n) is 18.2. The Labute approximate surface area is 385 Å². The minimum atomic E-state index is -0.785. The standard InChI is InChI=1S/C56H102O6/c1-4-7-10-13-16-19-22-25-27-29-31-34-37-40-43-46-49-55(58)61-52-53(51-60-54(57)48-45-42-39-36-33-30-24-21-18-15-12-9-6-3)62-56(59)50-47-44-41-38-35-32-28-26-23-20-17-14-11-8-5-2/h27,29-31,33-34,53H,4-26,28,32,35-52H2,1-3H3/b29-27-,33-30-,34-31-. The number of rotatable bonds is 49. The van der Waals surface area contributed by atoms with Crippen molar-refractivity contribution in [1.82, 2.24) is 0 Å². The van der Waals surface area contributed by atoms with Gasteiger partial charge in [-0.25, -0.2) is 0 Å². The molecule has 0 saturated heterocycles. The lowest BCUT2D eigenvalue weighted by Crippen LogP contribution is -2.30. The maximum absolute atomic E-state index is 12.8. The van der Waals surface area contributed by atoms with Crippen LogP contribution >= 0.6 is 0 Å². The smallest absolute Gasteiger partial charge is 0.306 e. The van der Waals surface area contributed by atoms with Gasteiger partial charge in [-0.15, -0.1) is 0 Å². The summed E-state index contributed by atoms with van der Waals surface area (Å²) in [5.74, 6) is -0.914. The van der Waals surface area contributed by atoms with Crippen molar-refractivity contribution in [2.75, 3.05) is 13.2 Å². The van der Waals surface area contributed by atoms with Crippen LogP contribution in [0, 0.1) is 0 Å². The fourth-order valence-electron chi connectivity index (χ4n) is 7.78. The van der Waals surface area contributed by atoms with Gasteiger partial charge in [0.2, 0.25) is 0 Å². The molecular weight excluding hydrogens is 769 g/mol. The molecule has 0 amide bonds. The van der Waals surface area contributed by atoms with Crippen molar-refractivity contribution < 1.29 is 28.6 Å². The van der Waals surface area contributed by atoms with E-state index in [1.165, 1.54) is 161 Å². The first-order chi connectivity index (χ1) is 30.5. The van der Waals surface area contributed by atoms with Gasteiger partial charge < -0.3 is 14.2 Å². The van der Waals surface area contributed by atoms with E-state index in [4.69, 9.17) is 14.2 Å². The molecule has 0 fully saturated rings. The Balaban J connectivity index is 4.41. The summed E-state index contributed by atoms with van der Waals surface area (Å²) >= 11 is 0. The summed E-state index contributed by atoms with van der Waals surface area (Å²) < 4.78 is 16.8. The van der Waals surface area contributed by atoms with Crippen molar-refractivity contribution in [3.05, 3.63) is 36.5 Å². The number of ether oxygens (including phenoxy) is 3. The van der Waals surface area contributed by atoms with Crippen molar-refractivity contribution >= 4 is 17.9 Å². The topological polar surface area (TPSA) is 78.9 Å². The predicted octanol–water partition coefficient (Wildman–Crippen LogP) is 17.7. The fourth-order valence-corrected chi connectivity index (χ4v) is 7.78. The molecule has 0 radical (unpaired) electrons. The maximum atomic E-state index is 12.8. The van der Waals surface area contributed by atoms with Crippen LogP contribution in [0.15, 0.2) is 36.5 Å². The van der Waals surface area contributed by atoms with E-state index < -0.39 is 6.10 Å². The van der Waals surface area contributed by atoms with Crippen molar-refractivity contribution in [2.24, 2.45) is 0 Å². The van der Waals surface area contributed by atoms with Gasteiger partial charge in [0.05, 0.1) is 0 Å². The zero-order valence-corrected chi connectivity index (χ0v) is 41.4. The van der Waals surface area contributed by atoms with E-state index in [1.807, 2.05) is 0 Å². The largest absolute Gasteiger partial charge is 0.462 e. The quantitative estimate of drug-likeness (QED) is 0.0199. The van der Waals surface area contributed by atoms with E-state index in [1.54, 1.807) is 0 Å². The van der Waals surface area contributed by atoms with E-state index in [9.17, 15) is 14.4 Å². The number of hydrogen-bond donors (Lipinski definition) is 0. The Kier molecular flexibility index (Phi) is 49.3. The molecule has 0 heterocycles. The molecule has 1 atom stereocenters. The lowest BCUT2D eigenvalue weighted by Gasteiger charge is -2.18. The first-order valence-electron chi connectivity index (χ1n) is 27.0. The molecule has 0 N–H and O–H groups in total. The van der Waals surface area contributed by atoms with Gasteiger partial charge in [0, 0.05) is 19.3 Å². The Bertz CT molecular complexity index is 1050. The van der Waals surface area contributed by atoms with Crippen LogP contribution in [-0.2, 0) is 28.6 Å². The zero-order valence-electron chi connectivity index (χ0n) is 41.4. The number of esters is 3. The summed E-state index contributed by atoms with van der Waals surface area (Å²) in [5.41, 5.74) is 0. The first-order valence-corrected chi connectivity index (χ1v) is 27.0. The highest BCUT2D eigenvalue weighted by Crippen LogP contribution is 2.15. The van der Waals surface area contributed by atoms with Crippen LogP contribution in [0.4, 0.5) is 0 Å². The molecule has 6 heteroatoms. The molecule has 62 heavy (non-hydrogen) atoms. The average Bonchev–Trinajstić information content (AvgIpc) is 3.27. The first kappa shape index (κ1) is 59.6. The highest BCUT2D eigenvalue weighted by atomic mass is 16.6. The Morgan fingerprint density at radius 2 is 0.581 bits per heavy atom. The van der Waals surface area contributed by atoms with Gasteiger partial charge in [-0.05, 0) is 70.6 Å². The van der Waals surface area contributed by atoms with Crippen LogP contribution in [0.2, 0.25) is 0 Å². The lowest BCUT2D eigenvalue weighted by atomic mass is 10.0. The summed E-state index contributed by atoms with van der Waals surface area (Å²) in [7, 11) is 0. The molecule has 0 aliphatic heterocycles. The molecule has 0 aromatic carbocycles. The van der Waals surface area contributed by atoms with Crippen molar-refractivity contribution in [3.63, 3.8) is 0 Å². The second-order valence-corrected chi connectivity index (χ2v) is 18.2. The normalized spacial score (nSPS) is 12.2. The molecule has 0 bridgehead atoms. The highest BCUT2D eigenvalue weighted by molar-refractivity contribution is 5.71. The Hall–Kier alpha value is -2.37. The number of allylic oxidation sites excluding steroid dienone is 6. The van der Waals surface area contributed by atoms with E-state index >= 15 is 0 Å². The van der Waals surface area contributed by atoms with Crippen LogP contribution in [0.25, 0.3) is 0 Å². The molecule has 0 rings (SSSR count). The number of hydrogen-bond acceptors (Lipinski definition) is 6. The SMILES string of the molecule is CCCCCCCC/C=C\CCCCCC(=O)OCC(COC(=O)CCCCC/C=C\C=C/CCCCCCCCC)OC(=O)CCCCCCCCCCCCCCCCC. The average molecular weight is 871 g/mol. The van der Waals surface area contributed by atoms with Gasteiger partial charge in [-0.3, -0.25) is 14.4 Å². The summed E-state index contributed by atoms with van der Waals surface area (Å²) in [6.45, 7) is 6.62. The van der Waals surface area contributed by atoms with Crippen LogP contribution in [0.5, 0.6) is 0 Å². The third-order valence-corrected chi connectivity index (χ3v) is 11.9. The van der Waals surface area contributed by atoms with Crippen LogP contribution in [-0.4, -0.2) is 37.2 Å². The van der Waals surface area contributed by atoms with E-state index in [0.29, 0.717) is 19.3 Å². The second kappa shape index (κ2) is 51.3. The van der Waals surface area contributed by atoms with Gasteiger partial charge in [-0.2, -0.15) is 0 Å². The Morgan fingerprint density at radius 1 is 0.323 bits per heavy atom. The summed E-state index contributed by atoms with van der Waals surface area (Å²) in [6.07, 6.45) is 59.9. The van der Waals surface area contributed by atoms with Gasteiger partial charge in [0.15, 0.2) is 6.10 Å². The molecular formula is C56H102O6. The third-order valence-electron chi connectivity index (χ3n) is 11.9.